The van der Waals surface area contributed by atoms with Gasteiger partial charge in [0.1, 0.15) is 0 Å². The first-order valence-corrected chi connectivity index (χ1v) is 7.12. The van der Waals surface area contributed by atoms with Crippen LogP contribution in [0, 0.1) is 0 Å². The van der Waals surface area contributed by atoms with Crippen LogP contribution >= 0.6 is 27.7 Å². The number of unbranched alkanes of at least 4 members (excludes halogenated alkanes) is 2. The van der Waals surface area contributed by atoms with Gasteiger partial charge in [-0.3, -0.25) is 19.4 Å². The predicted molar refractivity (Wildman–Crippen MR) is 68.5 cm³/mol. The Morgan fingerprint density at radius 2 is 2.12 bits per heavy atom. The van der Waals surface area contributed by atoms with Crippen LogP contribution in [-0.4, -0.2) is 25.8 Å². The van der Waals surface area contributed by atoms with Gasteiger partial charge in [0.15, 0.2) is 5.16 Å². The average Bonchev–Trinajstić information content (AvgIpc) is 2.25. The molecular formula is C9H14BrN3O2S. The molecule has 0 aliphatic carbocycles. The summed E-state index contributed by atoms with van der Waals surface area (Å²) in [6.07, 6.45) is 3.37. The van der Waals surface area contributed by atoms with E-state index >= 15 is 0 Å². The molecule has 1 heterocycles. The lowest BCUT2D eigenvalue weighted by molar-refractivity contribution is 0.596. The second-order valence-electron chi connectivity index (χ2n) is 3.30. The molecule has 0 aliphatic heterocycles. The van der Waals surface area contributed by atoms with Gasteiger partial charge in [-0.15, -0.1) is 0 Å². The Morgan fingerprint density at radius 1 is 1.38 bits per heavy atom. The van der Waals surface area contributed by atoms with Gasteiger partial charge in [-0.25, -0.2) is 0 Å². The lowest BCUT2D eigenvalue weighted by Gasteiger charge is -2.05. The van der Waals surface area contributed by atoms with E-state index < -0.39 is 11.1 Å². The Bertz CT molecular complexity index is 443. The van der Waals surface area contributed by atoms with Crippen LogP contribution in [0.3, 0.4) is 0 Å². The molecule has 1 N–H and O–H groups in total. The highest BCUT2D eigenvalue weighted by Crippen LogP contribution is 2.14. The van der Waals surface area contributed by atoms with Gasteiger partial charge in [0, 0.05) is 18.1 Å². The number of aryl methyl sites for hydroxylation is 1. The zero-order chi connectivity index (χ0) is 12.0. The fraction of sp³-hybridized carbons (Fsp3) is 0.667. The van der Waals surface area contributed by atoms with Crippen LogP contribution in [0.4, 0.5) is 0 Å². The molecule has 7 heteroatoms. The lowest BCUT2D eigenvalue weighted by atomic mass is 10.3. The van der Waals surface area contributed by atoms with E-state index in [0.717, 1.165) is 30.3 Å². The highest BCUT2D eigenvalue weighted by atomic mass is 79.9. The van der Waals surface area contributed by atoms with Crippen molar-refractivity contribution in [1.82, 2.24) is 14.8 Å². The maximum atomic E-state index is 11.0. The lowest BCUT2D eigenvalue weighted by Crippen LogP contribution is -2.33. The van der Waals surface area contributed by atoms with Crippen molar-refractivity contribution in [1.29, 1.82) is 0 Å². The number of nitrogens with one attached hydrogen (secondary N) is 1. The summed E-state index contributed by atoms with van der Waals surface area (Å²) in [5, 5.41) is 4.00. The quantitative estimate of drug-likeness (QED) is 0.370. The minimum atomic E-state index is -0.721. The van der Waals surface area contributed by atoms with Crippen LogP contribution in [0.5, 0.6) is 0 Å². The third-order valence-electron chi connectivity index (χ3n) is 1.96. The molecule has 0 unspecified atom stereocenters. The first kappa shape index (κ1) is 13.5. The summed E-state index contributed by atoms with van der Waals surface area (Å²) in [6.45, 7) is 0. The van der Waals surface area contributed by atoms with Crippen LogP contribution < -0.4 is 11.1 Å². The number of rotatable bonds is 6. The van der Waals surface area contributed by atoms with Crippen LogP contribution in [0.15, 0.2) is 14.7 Å². The van der Waals surface area contributed by atoms with E-state index in [1.807, 2.05) is 0 Å². The number of nitrogens with zero attached hydrogens (tertiary/aromatic N) is 2. The molecule has 0 saturated heterocycles. The Hall–Kier alpha value is -0.560. The first-order valence-electron chi connectivity index (χ1n) is 5.01. The maximum Gasteiger partial charge on any atom is 0.339 e. The molecule has 0 saturated carbocycles. The van der Waals surface area contributed by atoms with Crippen LogP contribution in [-0.2, 0) is 7.05 Å². The van der Waals surface area contributed by atoms with Gasteiger partial charge in [0.25, 0.3) is 0 Å². The molecule has 0 bridgehead atoms. The van der Waals surface area contributed by atoms with Crippen molar-refractivity contribution in [3.63, 3.8) is 0 Å². The van der Waals surface area contributed by atoms with Crippen molar-refractivity contribution < 1.29 is 0 Å². The van der Waals surface area contributed by atoms with E-state index in [4.69, 9.17) is 0 Å². The first-order chi connectivity index (χ1) is 7.65. The number of aromatic amines is 1. The number of thioether (sulfide) groups is 1. The van der Waals surface area contributed by atoms with Crippen LogP contribution in [0.25, 0.3) is 0 Å². The summed E-state index contributed by atoms with van der Waals surface area (Å²) in [5.74, 6) is 0.902. The second kappa shape index (κ2) is 6.90. The third kappa shape index (κ3) is 4.13. The Morgan fingerprint density at radius 3 is 2.81 bits per heavy atom. The third-order valence-corrected chi connectivity index (χ3v) is 3.63. The van der Waals surface area contributed by atoms with Crippen LogP contribution in [0.2, 0.25) is 0 Å². The van der Waals surface area contributed by atoms with Gasteiger partial charge in [-0.1, -0.05) is 34.1 Å². The van der Waals surface area contributed by atoms with Crippen LogP contribution in [0.1, 0.15) is 19.3 Å². The van der Waals surface area contributed by atoms with Gasteiger partial charge in [0.2, 0.25) is 0 Å². The van der Waals surface area contributed by atoms with Gasteiger partial charge < -0.3 is 0 Å². The fourth-order valence-electron chi connectivity index (χ4n) is 1.13. The molecule has 0 fully saturated rings. The molecule has 0 radical (unpaired) electrons. The number of aromatic nitrogens is 3. The number of H-pyrrole nitrogens is 1. The van der Waals surface area contributed by atoms with E-state index in [0.29, 0.717) is 5.16 Å². The molecule has 16 heavy (non-hydrogen) atoms. The van der Waals surface area contributed by atoms with Crippen molar-refractivity contribution in [2.45, 2.75) is 24.4 Å². The maximum absolute atomic E-state index is 11.0. The van der Waals surface area contributed by atoms with Gasteiger partial charge in [-0.2, -0.15) is 4.98 Å². The monoisotopic (exact) mass is 307 g/mol. The Labute approximate surface area is 106 Å². The van der Waals surface area contributed by atoms with Crippen molar-refractivity contribution in [3.05, 3.63) is 20.7 Å². The van der Waals surface area contributed by atoms with Crippen molar-refractivity contribution in [2.24, 2.45) is 7.05 Å². The standard InChI is InChI=1S/C9H14BrN3O2S/c1-13-9(11-7(14)8(15)12-13)16-6-4-2-3-5-10/h2-6H2,1H3,(H,12,15). The van der Waals surface area contributed by atoms with Crippen molar-refractivity contribution in [2.75, 3.05) is 11.1 Å². The molecule has 0 amide bonds. The molecule has 1 aromatic rings. The molecule has 0 aliphatic rings. The summed E-state index contributed by atoms with van der Waals surface area (Å²) < 4.78 is 1.49. The summed E-state index contributed by atoms with van der Waals surface area (Å²) in [6, 6.07) is 0. The molecule has 1 aromatic heterocycles. The highest BCUT2D eigenvalue weighted by molar-refractivity contribution is 9.09. The number of alkyl halides is 1. The molecule has 90 valence electrons. The minimum absolute atomic E-state index is 0.559. The Kier molecular flexibility index (Phi) is 5.83. The SMILES string of the molecule is Cn1[nH]c(=O)c(=O)nc1SCCCCCBr. The average molecular weight is 308 g/mol. The van der Waals surface area contributed by atoms with Gasteiger partial charge >= 0.3 is 11.1 Å². The zero-order valence-electron chi connectivity index (χ0n) is 9.03. The number of hydrogen-bond acceptors (Lipinski definition) is 4. The predicted octanol–water partition coefficient (Wildman–Crippen LogP) is 1.13. The molecule has 5 nitrogen and oxygen atoms in total. The summed E-state index contributed by atoms with van der Waals surface area (Å²) in [4.78, 5) is 25.7. The minimum Gasteiger partial charge on any atom is -0.265 e. The molecule has 0 spiro atoms. The van der Waals surface area contributed by atoms with E-state index in [9.17, 15) is 9.59 Å². The van der Waals surface area contributed by atoms with E-state index in [-0.39, 0.29) is 0 Å². The largest absolute Gasteiger partial charge is 0.339 e. The van der Waals surface area contributed by atoms with E-state index in [2.05, 4.69) is 26.0 Å². The topological polar surface area (TPSA) is 67.8 Å². The van der Waals surface area contributed by atoms with Crippen molar-refractivity contribution >= 4 is 27.7 Å². The van der Waals surface area contributed by atoms with E-state index in [1.54, 1.807) is 7.05 Å². The smallest absolute Gasteiger partial charge is 0.265 e. The summed E-state index contributed by atoms with van der Waals surface area (Å²) in [7, 11) is 1.68. The van der Waals surface area contributed by atoms with Gasteiger partial charge in [0.05, 0.1) is 0 Å². The Balaban J connectivity index is 2.51. The molecular weight excluding hydrogens is 294 g/mol. The number of hydrogen-bond donors (Lipinski definition) is 1. The van der Waals surface area contributed by atoms with Crippen molar-refractivity contribution in [3.8, 4) is 0 Å². The molecule has 0 atom stereocenters. The summed E-state index contributed by atoms with van der Waals surface area (Å²) in [5.41, 5.74) is -1.40. The zero-order valence-corrected chi connectivity index (χ0v) is 11.4. The summed E-state index contributed by atoms with van der Waals surface area (Å²) >= 11 is 4.86. The second-order valence-corrected chi connectivity index (χ2v) is 5.15. The van der Waals surface area contributed by atoms with E-state index in [1.165, 1.54) is 16.4 Å². The number of halogens is 1. The molecule has 0 aromatic carbocycles. The van der Waals surface area contributed by atoms with Gasteiger partial charge in [-0.05, 0) is 12.8 Å². The fourth-order valence-corrected chi connectivity index (χ4v) is 2.44. The molecule has 1 rings (SSSR count). The highest BCUT2D eigenvalue weighted by Gasteiger charge is 2.03. The normalized spacial score (nSPS) is 10.6.